The molecule has 6 heteroatoms. The third kappa shape index (κ3) is 4.49. The molecule has 0 spiro atoms. The van der Waals surface area contributed by atoms with Crippen LogP contribution in [0.5, 0.6) is 5.75 Å². The van der Waals surface area contributed by atoms with Crippen LogP contribution in [0.1, 0.15) is 26.3 Å². The molecule has 0 atom stereocenters. The summed E-state index contributed by atoms with van der Waals surface area (Å²) < 4.78 is 32.1. The molecular weight excluding hydrogens is 266 g/mol. The summed E-state index contributed by atoms with van der Waals surface area (Å²) in [6, 6.07) is 4.59. The molecule has 0 amide bonds. The van der Waals surface area contributed by atoms with E-state index in [-0.39, 0.29) is 22.7 Å². The van der Waals surface area contributed by atoms with Crippen molar-refractivity contribution < 1.29 is 18.3 Å². The number of sulfonamides is 1. The van der Waals surface area contributed by atoms with Crippen molar-refractivity contribution in [3.05, 3.63) is 23.8 Å². The normalized spacial score (nSPS) is 12.5. The van der Waals surface area contributed by atoms with Gasteiger partial charge in [0.1, 0.15) is 10.6 Å². The van der Waals surface area contributed by atoms with Gasteiger partial charge in [0.25, 0.3) is 0 Å². The average Bonchev–Trinajstić information content (AvgIpc) is 2.35. The fraction of sp³-hybridized carbons (Fsp3) is 0.538. The molecule has 0 heterocycles. The monoisotopic (exact) mass is 287 g/mol. The molecule has 108 valence electrons. The van der Waals surface area contributed by atoms with Crippen LogP contribution in [-0.2, 0) is 16.6 Å². The Morgan fingerprint density at radius 3 is 2.42 bits per heavy atom. The second-order valence-corrected chi connectivity index (χ2v) is 7.26. The Kier molecular flexibility index (Phi) is 4.95. The Morgan fingerprint density at radius 1 is 1.32 bits per heavy atom. The third-order valence-corrected chi connectivity index (χ3v) is 3.92. The molecule has 0 saturated heterocycles. The molecule has 1 aromatic carbocycles. The number of aliphatic hydroxyl groups excluding tert-OH is 1. The third-order valence-electron chi connectivity index (χ3n) is 2.49. The van der Waals surface area contributed by atoms with Gasteiger partial charge in [-0.15, -0.1) is 0 Å². The van der Waals surface area contributed by atoms with Crippen molar-refractivity contribution in [2.75, 3.05) is 13.7 Å². The first-order valence-corrected chi connectivity index (χ1v) is 7.45. The number of aliphatic hydroxyl groups is 1. The van der Waals surface area contributed by atoms with Crippen molar-refractivity contribution in [3.8, 4) is 5.75 Å². The maximum Gasteiger partial charge on any atom is 0.244 e. The number of nitrogens with one attached hydrogen (secondary N) is 1. The number of methoxy groups -OCH3 is 1. The van der Waals surface area contributed by atoms with Crippen LogP contribution in [0.25, 0.3) is 0 Å². The van der Waals surface area contributed by atoms with E-state index in [9.17, 15) is 8.42 Å². The first-order valence-electron chi connectivity index (χ1n) is 5.97. The van der Waals surface area contributed by atoms with Crippen LogP contribution in [0.4, 0.5) is 0 Å². The lowest BCUT2D eigenvalue weighted by Crippen LogP contribution is -2.32. The molecule has 0 aliphatic carbocycles. The van der Waals surface area contributed by atoms with Crippen molar-refractivity contribution in [1.82, 2.24) is 4.72 Å². The van der Waals surface area contributed by atoms with Crippen molar-refractivity contribution in [2.45, 2.75) is 32.3 Å². The number of ether oxygens (including phenoxy) is 1. The van der Waals surface area contributed by atoms with Crippen LogP contribution in [0.3, 0.4) is 0 Å². The summed E-state index contributed by atoms with van der Waals surface area (Å²) in [5.74, 6) is 0.263. The SMILES string of the molecule is COc1ccc(CO)cc1S(=O)(=O)NCC(C)(C)C. The average molecular weight is 287 g/mol. The van der Waals surface area contributed by atoms with Gasteiger partial charge >= 0.3 is 0 Å². The number of hydrogen-bond acceptors (Lipinski definition) is 4. The molecule has 0 aliphatic rings. The summed E-state index contributed by atoms with van der Waals surface area (Å²) in [7, 11) is -2.24. The standard InChI is InChI=1S/C13H21NO4S/c1-13(2,3)9-14-19(16,17)12-7-10(8-15)5-6-11(12)18-4/h5-7,14-15H,8-9H2,1-4H3. The second-order valence-electron chi connectivity index (χ2n) is 5.53. The summed E-state index contributed by atoms with van der Waals surface area (Å²) in [6.07, 6.45) is 0. The summed E-state index contributed by atoms with van der Waals surface area (Å²) in [5.41, 5.74) is 0.367. The highest BCUT2D eigenvalue weighted by molar-refractivity contribution is 7.89. The van der Waals surface area contributed by atoms with E-state index in [4.69, 9.17) is 9.84 Å². The largest absolute Gasteiger partial charge is 0.495 e. The van der Waals surface area contributed by atoms with E-state index in [0.717, 1.165) is 0 Å². The quantitative estimate of drug-likeness (QED) is 0.861. The summed E-state index contributed by atoms with van der Waals surface area (Å²) >= 11 is 0. The lowest BCUT2D eigenvalue weighted by atomic mass is 9.98. The van der Waals surface area contributed by atoms with Gasteiger partial charge in [0.2, 0.25) is 10.0 Å². The topological polar surface area (TPSA) is 75.6 Å². The Morgan fingerprint density at radius 2 is 1.95 bits per heavy atom. The van der Waals surface area contributed by atoms with Gasteiger partial charge in [0.15, 0.2) is 0 Å². The molecule has 0 bridgehead atoms. The van der Waals surface area contributed by atoms with Crippen LogP contribution in [0, 0.1) is 5.41 Å². The fourth-order valence-corrected chi connectivity index (χ4v) is 2.92. The highest BCUT2D eigenvalue weighted by Crippen LogP contribution is 2.25. The van der Waals surface area contributed by atoms with Gasteiger partial charge in [-0.1, -0.05) is 26.8 Å². The first kappa shape index (κ1) is 15.9. The van der Waals surface area contributed by atoms with Gasteiger partial charge in [-0.25, -0.2) is 13.1 Å². The van der Waals surface area contributed by atoms with E-state index in [2.05, 4.69) is 4.72 Å². The van der Waals surface area contributed by atoms with E-state index < -0.39 is 10.0 Å². The smallest absolute Gasteiger partial charge is 0.244 e. The highest BCUT2D eigenvalue weighted by atomic mass is 32.2. The number of hydrogen-bond donors (Lipinski definition) is 2. The maximum absolute atomic E-state index is 12.3. The molecule has 2 N–H and O–H groups in total. The van der Waals surface area contributed by atoms with Gasteiger partial charge in [-0.05, 0) is 23.1 Å². The molecule has 0 fully saturated rings. The van der Waals surface area contributed by atoms with Gasteiger partial charge in [0, 0.05) is 6.54 Å². The predicted octanol–water partition coefficient (Wildman–Crippen LogP) is 1.51. The highest BCUT2D eigenvalue weighted by Gasteiger charge is 2.22. The van der Waals surface area contributed by atoms with Crippen molar-refractivity contribution in [1.29, 1.82) is 0 Å². The second kappa shape index (κ2) is 5.90. The van der Waals surface area contributed by atoms with Crippen LogP contribution in [-0.4, -0.2) is 27.2 Å². The van der Waals surface area contributed by atoms with Crippen molar-refractivity contribution in [3.63, 3.8) is 0 Å². The van der Waals surface area contributed by atoms with Crippen LogP contribution >= 0.6 is 0 Å². The van der Waals surface area contributed by atoms with E-state index in [0.29, 0.717) is 12.1 Å². The molecule has 0 aliphatic heterocycles. The molecule has 5 nitrogen and oxygen atoms in total. The summed E-state index contributed by atoms with van der Waals surface area (Å²) in [5, 5.41) is 9.09. The van der Waals surface area contributed by atoms with Gasteiger partial charge in [-0.3, -0.25) is 0 Å². The Hall–Kier alpha value is -1.11. The Bertz CT molecular complexity index is 532. The molecule has 0 unspecified atom stereocenters. The van der Waals surface area contributed by atoms with Gasteiger partial charge in [-0.2, -0.15) is 0 Å². The van der Waals surface area contributed by atoms with E-state index in [1.165, 1.54) is 19.2 Å². The molecule has 1 aromatic rings. The minimum Gasteiger partial charge on any atom is -0.495 e. The molecule has 1 rings (SSSR count). The van der Waals surface area contributed by atoms with Crippen LogP contribution in [0.15, 0.2) is 23.1 Å². The number of benzene rings is 1. The van der Waals surface area contributed by atoms with E-state index in [1.54, 1.807) is 6.07 Å². The molecule has 19 heavy (non-hydrogen) atoms. The minimum atomic E-state index is -3.65. The minimum absolute atomic E-state index is 0.0470. The molecular formula is C13H21NO4S. The molecule has 0 aromatic heterocycles. The molecule has 0 radical (unpaired) electrons. The van der Waals surface area contributed by atoms with E-state index in [1.807, 2.05) is 20.8 Å². The zero-order valence-electron chi connectivity index (χ0n) is 11.7. The summed E-state index contributed by atoms with van der Waals surface area (Å²) in [4.78, 5) is 0.0470. The number of rotatable bonds is 5. The lowest BCUT2D eigenvalue weighted by Gasteiger charge is -2.19. The van der Waals surface area contributed by atoms with Crippen molar-refractivity contribution in [2.24, 2.45) is 5.41 Å². The van der Waals surface area contributed by atoms with Crippen LogP contribution in [0.2, 0.25) is 0 Å². The van der Waals surface area contributed by atoms with Gasteiger partial charge < -0.3 is 9.84 Å². The Labute approximate surface area is 114 Å². The maximum atomic E-state index is 12.3. The predicted molar refractivity (Wildman–Crippen MR) is 73.6 cm³/mol. The van der Waals surface area contributed by atoms with E-state index >= 15 is 0 Å². The fourth-order valence-electron chi connectivity index (χ4n) is 1.42. The van der Waals surface area contributed by atoms with Crippen molar-refractivity contribution >= 4 is 10.0 Å². The summed E-state index contributed by atoms with van der Waals surface area (Å²) in [6.45, 7) is 5.93. The van der Waals surface area contributed by atoms with Crippen LogP contribution < -0.4 is 9.46 Å². The first-order chi connectivity index (χ1) is 8.69. The lowest BCUT2D eigenvalue weighted by molar-refractivity contribution is 0.281. The molecule has 0 saturated carbocycles. The Balaban J connectivity index is 3.12. The zero-order chi connectivity index (χ0) is 14.7. The van der Waals surface area contributed by atoms with Gasteiger partial charge in [0.05, 0.1) is 13.7 Å². The zero-order valence-corrected chi connectivity index (χ0v) is 12.5.